The minimum Gasteiger partial charge on any atom is -0.352 e. The van der Waals surface area contributed by atoms with E-state index in [9.17, 15) is 9.59 Å². The zero-order valence-electron chi connectivity index (χ0n) is 19.7. The molecule has 29 heavy (non-hydrogen) atoms. The zero-order chi connectivity index (χ0) is 21.4. The van der Waals surface area contributed by atoms with E-state index in [4.69, 9.17) is 0 Å². The molecule has 3 saturated carbocycles. The van der Waals surface area contributed by atoms with Crippen molar-refractivity contribution in [2.75, 3.05) is 7.05 Å². The van der Waals surface area contributed by atoms with Crippen LogP contribution >= 0.6 is 0 Å². The van der Waals surface area contributed by atoms with Gasteiger partial charge in [-0.3, -0.25) is 9.59 Å². The summed E-state index contributed by atoms with van der Waals surface area (Å²) in [6.07, 6.45) is 7.74. The molecule has 1 aliphatic heterocycles. The van der Waals surface area contributed by atoms with E-state index in [1.807, 2.05) is 27.8 Å². The van der Waals surface area contributed by atoms with Gasteiger partial charge in [0.15, 0.2) is 0 Å². The molecule has 0 aromatic rings. The number of carbonyl (C=O) groups excluding carboxylic acids is 2. The Morgan fingerprint density at radius 2 is 1.79 bits per heavy atom. The van der Waals surface area contributed by atoms with Crippen molar-refractivity contribution in [2.45, 2.75) is 98.6 Å². The summed E-state index contributed by atoms with van der Waals surface area (Å²) in [6.45, 7) is 13.4. The molecule has 1 N–H and O–H groups in total. The highest BCUT2D eigenvalue weighted by Gasteiger charge is 2.63. The van der Waals surface area contributed by atoms with E-state index >= 15 is 0 Å². The molecule has 4 fully saturated rings. The topological polar surface area (TPSA) is 49.4 Å². The molecule has 3 aliphatic carbocycles. The lowest BCUT2D eigenvalue weighted by atomic mass is 9.46. The van der Waals surface area contributed by atoms with Crippen LogP contribution < -0.4 is 5.32 Å². The summed E-state index contributed by atoms with van der Waals surface area (Å²) in [5.74, 6) is 3.33. The Balaban J connectivity index is 1.60. The first-order valence-corrected chi connectivity index (χ1v) is 12.0. The van der Waals surface area contributed by atoms with Crippen LogP contribution in [-0.2, 0) is 9.59 Å². The molecule has 164 valence electrons. The number of nitrogens with one attached hydrogen (secondary N) is 1. The second-order valence-electron chi connectivity index (χ2n) is 12.4. The summed E-state index contributed by atoms with van der Waals surface area (Å²) in [7, 11) is 2.04. The first-order valence-electron chi connectivity index (χ1n) is 12.0. The Hall–Kier alpha value is -1.06. The number of rotatable bonds is 1. The van der Waals surface area contributed by atoms with Gasteiger partial charge in [-0.1, -0.05) is 41.5 Å². The van der Waals surface area contributed by atoms with Crippen LogP contribution in [0.15, 0.2) is 0 Å². The van der Waals surface area contributed by atoms with E-state index in [0.29, 0.717) is 36.2 Å². The van der Waals surface area contributed by atoms with Crippen LogP contribution in [0.25, 0.3) is 0 Å². The number of carbonyl (C=O) groups is 2. The van der Waals surface area contributed by atoms with Gasteiger partial charge in [-0.05, 0) is 73.0 Å². The fourth-order valence-corrected chi connectivity index (χ4v) is 8.29. The van der Waals surface area contributed by atoms with E-state index < -0.39 is 0 Å². The number of hydrogen-bond acceptors (Lipinski definition) is 2. The molecule has 4 nitrogen and oxygen atoms in total. The van der Waals surface area contributed by atoms with E-state index in [2.05, 4.69) is 31.0 Å². The van der Waals surface area contributed by atoms with E-state index in [1.54, 1.807) is 0 Å². The molecular formula is C25H42N2O2. The molecule has 1 saturated heterocycles. The molecule has 8 atom stereocenters. The van der Waals surface area contributed by atoms with Crippen molar-refractivity contribution in [2.24, 2.45) is 39.9 Å². The van der Waals surface area contributed by atoms with Gasteiger partial charge in [0.2, 0.25) is 11.8 Å². The highest BCUT2D eigenvalue weighted by atomic mass is 16.2. The fourth-order valence-electron chi connectivity index (χ4n) is 8.29. The summed E-state index contributed by atoms with van der Waals surface area (Å²) in [5.41, 5.74) is 0.139. The van der Waals surface area contributed by atoms with Crippen molar-refractivity contribution in [1.29, 1.82) is 0 Å². The van der Waals surface area contributed by atoms with Crippen LogP contribution in [-0.4, -0.2) is 35.8 Å². The SMILES string of the molecule is CC1CC(NC(=O)C(C)(C)C)[C@@]2(C)CC[C@@H]3[C@@H](CCC4N(C)C(=O)CC[C@@]43C)[C@H]12. The van der Waals surface area contributed by atoms with E-state index in [0.717, 1.165) is 31.1 Å². The smallest absolute Gasteiger partial charge is 0.225 e. The molecule has 0 aromatic carbocycles. The van der Waals surface area contributed by atoms with Crippen molar-refractivity contribution < 1.29 is 9.59 Å². The third-order valence-corrected chi connectivity index (χ3v) is 9.86. The van der Waals surface area contributed by atoms with Gasteiger partial charge < -0.3 is 10.2 Å². The van der Waals surface area contributed by atoms with Gasteiger partial charge in [0.25, 0.3) is 0 Å². The van der Waals surface area contributed by atoms with Crippen LogP contribution in [0.2, 0.25) is 0 Å². The number of fused-ring (bicyclic) bond motifs is 5. The molecular weight excluding hydrogens is 360 g/mol. The van der Waals surface area contributed by atoms with Gasteiger partial charge in [-0.2, -0.15) is 0 Å². The van der Waals surface area contributed by atoms with Crippen molar-refractivity contribution in [3.05, 3.63) is 0 Å². The molecule has 0 spiro atoms. The lowest BCUT2D eigenvalue weighted by Crippen LogP contribution is -2.62. The van der Waals surface area contributed by atoms with Crippen molar-refractivity contribution in [3.63, 3.8) is 0 Å². The average Bonchev–Trinajstić information content (AvgIpc) is 2.88. The average molecular weight is 403 g/mol. The summed E-state index contributed by atoms with van der Waals surface area (Å²) in [5, 5.41) is 3.47. The van der Waals surface area contributed by atoms with Crippen LogP contribution in [0.3, 0.4) is 0 Å². The monoisotopic (exact) mass is 402 g/mol. The standard InChI is InChI=1S/C25H42N2O2/c1-15-14-18(26-22(29)23(2,3)4)25(6)12-10-17-16(21(15)25)8-9-19-24(17,5)13-11-20(28)27(19)7/h15-19,21H,8-14H2,1-7H3,(H,26,29)/t15?,16-,17-,18?,19?,21+,24-,25-/m1/s1. The van der Waals surface area contributed by atoms with Crippen LogP contribution in [0.5, 0.6) is 0 Å². The van der Waals surface area contributed by atoms with Crippen LogP contribution in [0.4, 0.5) is 0 Å². The molecule has 4 heteroatoms. The lowest BCUT2D eigenvalue weighted by Gasteiger charge is -2.62. The minimum absolute atomic E-state index is 0.196. The van der Waals surface area contributed by atoms with Gasteiger partial charge in [-0.25, -0.2) is 0 Å². The number of nitrogens with zero attached hydrogens (tertiary/aromatic N) is 1. The summed E-state index contributed by atoms with van der Waals surface area (Å²) in [4.78, 5) is 27.2. The van der Waals surface area contributed by atoms with Gasteiger partial charge in [0.1, 0.15) is 0 Å². The highest BCUT2D eigenvalue weighted by molar-refractivity contribution is 5.81. The molecule has 1 heterocycles. The van der Waals surface area contributed by atoms with E-state index in [1.165, 1.54) is 19.3 Å². The summed E-state index contributed by atoms with van der Waals surface area (Å²) in [6, 6.07) is 0.721. The number of hydrogen-bond donors (Lipinski definition) is 1. The van der Waals surface area contributed by atoms with Crippen molar-refractivity contribution in [3.8, 4) is 0 Å². The molecule has 0 aromatic heterocycles. The maximum absolute atomic E-state index is 12.8. The largest absolute Gasteiger partial charge is 0.352 e. The van der Waals surface area contributed by atoms with Crippen molar-refractivity contribution >= 4 is 11.8 Å². The Morgan fingerprint density at radius 1 is 1.10 bits per heavy atom. The number of amides is 2. The highest BCUT2D eigenvalue weighted by Crippen LogP contribution is 2.66. The molecule has 0 radical (unpaired) electrons. The van der Waals surface area contributed by atoms with Gasteiger partial charge >= 0.3 is 0 Å². The maximum Gasteiger partial charge on any atom is 0.225 e. The second-order valence-corrected chi connectivity index (χ2v) is 12.4. The Bertz CT molecular complexity index is 697. The Kier molecular flexibility index (Phi) is 4.91. The molecule has 4 aliphatic rings. The third kappa shape index (κ3) is 3.07. The third-order valence-electron chi connectivity index (χ3n) is 9.86. The van der Waals surface area contributed by atoms with Gasteiger partial charge in [0, 0.05) is 31.0 Å². The number of likely N-dealkylation sites (tertiary alicyclic amines) is 1. The Labute approximate surface area is 177 Å². The molecule has 3 unspecified atom stereocenters. The Morgan fingerprint density at radius 3 is 2.45 bits per heavy atom. The van der Waals surface area contributed by atoms with Gasteiger partial charge in [-0.15, -0.1) is 0 Å². The van der Waals surface area contributed by atoms with E-state index in [-0.39, 0.29) is 22.2 Å². The predicted octanol–water partition coefficient (Wildman–Crippen LogP) is 4.63. The van der Waals surface area contributed by atoms with Crippen molar-refractivity contribution in [1.82, 2.24) is 10.2 Å². The predicted molar refractivity (Wildman–Crippen MR) is 116 cm³/mol. The van der Waals surface area contributed by atoms with Crippen LogP contribution in [0, 0.1) is 39.9 Å². The summed E-state index contributed by atoms with van der Waals surface area (Å²) < 4.78 is 0. The lowest BCUT2D eigenvalue weighted by molar-refractivity contribution is -0.159. The van der Waals surface area contributed by atoms with Crippen LogP contribution in [0.1, 0.15) is 86.5 Å². The first-order chi connectivity index (χ1) is 13.4. The quantitative estimate of drug-likeness (QED) is 0.695. The molecule has 0 bridgehead atoms. The second kappa shape index (κ2) is 6.72. The molecule has 4 rings (SSSR count). The number of piperidine rings is 1. The fraction of sp³-hybridized carbons (Fsp3) is 0.920. The molecule has 2 amide bonds. The normalized spacial score (nSPS) is 47.3. The zero-order valence-corrected chi connectivity index (χ0v) is 19.7. The summed E-state index contributed by atoms with van der Waals surface area (Å²) >= 11 is 0. The maximum atomic E-state index is 12.8. The first kappa shape index (κ1) is 21.2. The van der Waals surface area contributed by atoms with Gasteiger partial charge in [0.05, 0.1) is 0 Å². The minimum atomic E-state index is -0.334.